The van der Waals surface area contributed by atoms with Crippen molar-refractivity contribution in [1.29, 1.82) is 0 Å². The van der Waals surface area contributed by atoms with E-state index in [9.17, 15) is 14.0 Å². The number of furan rings is 1. The van der Waals surface area contributed by atoms with Gasteiger partial charge in [0.05, 0.1) is 13.0 Å². The second-order valence-corrected chi connectivity index (χ2v) is 4.53. The molecule has 2 aromatic rings. The molecule has 1 aromatic heterocycles. The van der Waals surface area contributed by atoms with Crippen LogP contribution in [0.5, 0.6) is 0 Å². The Kier molecular flexibility index (Phi) is 4.37. The topological polar surface area (TPSA) is 79.5 Å². The predicted octanol–water partition coefficient (Wildman–Crippen LogP) is 2.28. The van der Waals surface area contributed by atoms with Gasteiger partial charge in [-0.05, 0) is 24.6 Å². The lowest BCUT2D eigenvalue weighted by atomic mass is 10.1. The van der Waals surface area contributed by atoms with E-state index in [2.05, 4.69) is 5.32 Å². The molecule has 110 valence electrons. The minimum Gasteiger partial charge on any atom is -0.478 e. The molecule has 0 unspecified atom stereocenters. The molecule has 0 fully saturated rings. The molecule has 0 saturated heterocycles. The van der Waals surface area contributed by atoms with Crippen molar-refractivity contribution in [2.75, 3.05) is 0 Å². The lowest BCUT2D eigenvalue weighted by Gasteiger charge is -2.04. The molecule has 1 aromatic carbocycles. The molecule has 5 nitrogen and oxygen atoms in total. The van der Waals surface area contributed by atoms with Crippen LogP contribution in [0.1, 0.15) is 27.4 Å². The maximum Gasteiger partial charge on any atom is 0.339 e. The van der Waals surface area contributed by atoms with Gasteiger partial charge in [-0.3, -0.25) is 4.79 Å². The molecule has 0 aliphatic carbocycles. The fraction of sp³-hybridized carbons (Fsp3) is 0.200. The van der Waals surface area contributed by atoms with Gasteiger partial charge >= 0.3 is 5.97 Å². The lowest BCUT2D eigenvalue weighted by Crippen LogP contribution is -2.24. The Hall–Kier alpha value is -2.63. The van der Waals surface area contributed by atoms with Crippen molar-refractivity contribution in [3.05, 3.63) is 58.8 Å². The summed E-state index contributed by atoms with van der Waals surface area (Å²) in [5, 5.41) is 11.5. The third-order valence-corrected chi connectivity index (χ3v) is 2.97. The van der Waals surface area contributed by atoms with Crippen molar-refractivity contribution < 1.29 is 23.5 Å². The molecule has 0 spiro atoms. The van der Waals surface area contributed by atoms with Crippen LogP contribution in [0.15, 0.2) is 34.7 Å². The minimum atomic E-state index is -1.08. The average molecular weight is 291 g/mol. The number of carbonyl (C=O) groups is 2. The van der Waals surface area contributed by atoms with Crippen molar-refractivity contribution in [2.45, 2.75) is 19.9 Å². The van der Waals surface area contributed by atoms with E-state index in [1.807, 2.05) is 0 Å². The van der Waals surface area contributed by atoms with Gasteiger partial charge in [-0.1, -0.05) is 18.2 Å². The Labute approximate surface area is 120 Å². The first-order valence-corrected chi connectivity index (χ1v) is 6.30. The van der Waals surface area contributed by atoms with Crippen molar-refractivity contribution in [3.63, 3.8) is 0 Å². The van der Waals surface area contributed by atoms with Gasteiger partial charge in [-0.2, -0.15) is 0 Å². The molecule has 21 heavy (non-hydrogen) atoms. The van der Waals surface area contributed by atoms with Gasteiger partial charge in [0.1, 0.15) is 22.9 Å². The first kappa shape index (κ1) is 14.8. The van der Waals surface area contributed by atoms with E-state index in [0.29, 0.717) is 11.3 Å². The van der Waals surface area contributed by atoms with E-state index in [-0.39, 0.29) is 30.2 Å². The molecule has 0 bridgehead atoms. The summed E-state index contributed by atoms with van der Waals surface area (Å²) in [6.45, 7) is 1.59. The number of halogens is 1. The third-order valence-electron chi connectivity index (χ3n) is 2.97. The maximum absolute atomic E-state index is 13.4. The molecule has 2 rings (SSSR count). The number of hydrogen-bond acceptors (Lipinski definition) is 3. The van der Waals surface area contributed by atoms with Gasteiger partial charge in [0.15, 0.2) is 0 Å². The number of carboxylic acid groups (broad SMARTS) is 1. The summed E-state index contributed by atoms with van der Waals surface area (Å²) in [5.74, 6) is -1.27. The molecule has 0 radical (unpaired) electrons. The number of benzene rings is 1. The number of rotatable bonds is 5. The van der Waals surface area contributed by atoms with Gasteiger partial charge in [0.2, 0.25) is 5.91 Å². The predicted molar refractivity (Wildman–Crippen MR) is 72.4 cm³/mol. The first-order chi connectivity index (χ1) is 9.97. The summed E-state index contributed by atoms with van der Waals surface area (Å²) in [6.07, 6.45) is -0.0852. The summed E-state index contributed by atoms with van der Waals surface area (Å²) >= 11 is 0. The quantitative estimate of drug-likeness (QED) is 0.885. The first-order valence-electron chi connectivity index (χ1n) is 6.30. The van der Waals surface area contributed by atoms with Gasteiger partial charge in [0, 0.05) is 0 Å². The molecular weight excluding hydrogens is 277 g/mol. The van der Waals surface area contributed by atoms with Crippen LogP contribution in [-0.2, 0) is 17.8 Å². The lowest BCUT2D eigenvalue weighted by molar-refractivity contribution is -0.120. The van der Waals surface area contributed by atoms with Crippen molar-refractivity contribution in [1.82, 2.24) is 5.32 Å². The zero-order valence-electron chi connectivity index (χ0n) is 11.4. The number of amides is 1. The van der Waals surface area contributed by atoms with Crippen LogP contribution in [0.4, 0.5) is 4.39 Å². The van der Waals surface area contributed by atoms with Crippen LogP contribution in [0.3, 0.4) is 0 Å². The highest BCUT2D eigenvalue weighted by atomic mass is 19.1. The van der Waals surface area contributed by atoms with Gasteiger partial charge < -0.3 is 14.8 Å². The molecule has 0 saturated carbocycles. The number of nitrogens with one attached hydrogen (secondary N) is 1. The highest BCUT2D eigenvalue weighted by Gasteiger charge is 2.14. The van der Waals surface area contributed by atoms with Crippen LogP contribution in [0, 0.1) is 12.7 Å². The number of hydrogen-bond donors (Lipinski definition) is 2. The Morgan fingerprint density at radius 2 is 2.05 bits per heavy atom. The second kappa shape index (κ2) is 6.21. The van der Waals surface area contributed by atoms with E-state index >= 15 is 0 Å². The summed E-state index contributed by atoms with van der Waals surface area (Å²) < 4.78 is 18.6. The number of aromatic carboxylic acids is 1. The van der Waals surface area contributed by atoms with Crippen molar-refractivity contribution >= 4 is 11.9 Å². The van der Waals surface area contributed by atoms with Crippen LogP contribution in [0.2, 0.25) is 0 Å². The smallest absolute Gasteiger partial charge is 0.339 e. The zero-order chi connectivity index (χ0) is 15.4. The normalized spacial score (nSPS) is 10.4. The summed E-state index contributed by atoms with van der Waals surface area (Å²) in [4.78, 5) is 22.6. The van der Waals surface area contributed by atoms with Gasteiger partial charge in [-0.15, -0.1) is 0 Å². The highest BCUT2D eigenvalue weighted by Crippen LogP contribution is 2.14. The van der Waals surface area contributed by atoms with Crippen LogP contribution >= 0.6 is 0 Å². The molecule has 6 heteroatoms. The monoisotopic (exact) mass is 291 g/mol. The minimum absolute atomic E-state index is 0.0570. The molecule has 1 heterocycles. The average Bonchev–Trinajstić information content (AvgIpc) is 2.80. The summed E-state index contributed by atoms with van der Waals surface area (Å²) in [7, 11) is 0. The van der Waals surface area contributed by atoms with E-state index in [0.717, 1.165) is 0 Å². The molecule has 2 N–H and O–H groups in total. The fourth-order valence-corrected chi connectivity index (χ4v) is 1.91. The Bertz CT molecular complexity index is 678. The third kappa shape index (κ3) is 3.68. The molecule has 1 amide bonds. The van der Waals surface area contributed by atoms with Crippen LogP contribution in [-0.4, -0.2) is 17.0 Å². The number of carbonyl (C=O) groups excluding carboxylic acids is 1. The molecule has 0 aliphatic heterocycles. The molecule has 0 atom stereocenters. The van der Waals surface area contributed by atoms with Crippen molar-refractivity contribution in [3.8, 4) is 0 Å². The Morgan fingerprint density at radius 1 is 1.33 bits per heavy atom. The Morgan fingerprint density at radius 3 is 2.67 bits per heavy atom. The summed E-state index contributed by atoms with van der Waals surface area (Å²) in [5.41, 5.74) is 0.366. The molecular formula is C15H14FNO4. The fourth-order valence-electron chi connectivity index (χ4n) is 1.91. The van der Waals surface area contributed by atoms with E-state index in [1.54, 1.807) is 12.1 Å². The highest BCUT2D eigenvalue weighted by molar-refractivity contribution is 5.88. The zero-order valence-corrected chi connectivity index (χ0v) is 11.4. The van der Waals surface area contributed by atoms with Crippen LogP contribution in [0.25, 0.3) is 0 Å². The van der Waals surface area contributed by atoms with Crippen LogP contribution < -0.4 is 5.32 Å². The van der Waals surface area contributed by atoms with Gasteiger partial charge in [-0.25, -0.2) is 9.18 Å². The van der Waals surface area contributed by atoms with Gasteiger partial charge in [0.25, 0.3) is 0 Å². The summed E-state index contributed by atoms with van der Waals surface area (Å²) in [6, 6.07) is 7.39. The van der Waals surface area contributed by atoms with E-state index in [4.69, 9.17) is 9.52 Å². The van der Waals surface area contributed by atoms with Crippen molar-refractivity contribution in [2.24, 2.45) is 0 Å². The maximum atomic E-state index is 13.4. The number of aryl methyl sites for hydroxylation is 1. The Balaban J connectivity index is 1.94. The van der Waals surface area contributed by atoms with E-state index in [1.165, 1.54) is 25.1 Å². The number of carboxylic acids is 1. The standard InChI is InChI=1S/C15H14FNO4/c1-9-12(15(19)20)7-11(21-9)8-17-14(18)6-10-4-2-3-5-13(10)16/h2-5,7H,6,8H2,1H3,(H,17,18)(H,19,20). The SMILES string of the molecule is Cc1oc(CNC(=O)Cc2ccccc2F)cc1C(=O)O. The molecule has 0 aliphatic rings. The second-order valence-electron chi connectivity index (χ2n) is 4.53. The van der Waals surface area contributed by atoms with E-state index < -0.39 is 11.8 Å². The largest absolute Gasteiger partial charge is 0.478 e.